The molecule has 0 radical (unpaired) electrons. The van der Waals surface area contributed by atoms with E-state index in [0.29, 0.717) is 29.7 Å². The Labute approximate surface area is 148 Å². The molecule has 1 saturated heterocycles. The molecule has 2 bridgehead atoms. The van der Waals surface area contributed by atoms with Gasteiger partial charge in [0.05, 0.1) is 39.2 Å². The molecule has 3 nitrogen and oxygen atoms in total. The van der Waals surface area contributed by atoms with Crippen LogP contribution in [0.3, 0.4) is 0 Å². The molecule has 1 fully saturated rings. The lowest BCUT2D eigenvalue weighted by molar-refractivity contribution is -0.215. The van der Waals surface area contributed by atoms with Crippen LogP contribution < -0.4 is 0 Å². The number of hydrogen-bond acceptors (Lipinski definition) is 3. The zero-order valence-corrected chi connectivity index (χ0v) is 14.6. The van der Waals surface area contributed by atoms with Gasteiger partial charge >= 0.3 is 0 Å². The van der Waals surface area contributed by atoms with Gasteiger partial charge in [-0.1, -0.05) is 58.6 Å². The number of ether oxygens (including phenoxy) is 3. The molecule has 0 aromatic heterocycles. The molecule has 7 heteroatoms. The first-order valence-corrected chi connectivity index (χ1v) is 8.36. The maximum Gasteiger partial charge on any atom is 0.182 e. The van der Waals surface area contributed by atoms with Crippen molar-refractivity contribution in [2.75, 3.05) is 20.3 Å². The van der Waals surface area contributed by atoms with Gasteiger partial charge < -0.3 is 14.2 Å². The molecule has 0 N–H and O–H groups in total. The van der Waals surface area contributed by atoms with Crippen molar-refractivity contribution in [3.05, 3.63) is 43.4 Å². The van der Waals surface area contributed by atoms with E-state index in [0.717, 1.165) is 11.1 Å². The summed E-state index contributed by atoms with van der Waals surface area (Å²) in [5.41, 5.74) is 0.746. The summed E-state index contributed by atoms with van der Waals surface area (Å²) in [6.45, 7) is 1.07. The van der Waals surface area contributed by atoms with E-state index in [1.54, 1.807) is 7.11 Å². The summed E-state index contributed by atoms with van der Waals surface area (Å²) in [6, 6.07) is 0. The molecule has 118 valence electrons. The summed E-state index contributed by atoms with van der Waals surface area (Å²) >= 11 is 25.4. The molecule has 1 aromatic rings. The minimum Gasteiger partial charge on any atom is -0.369 e. The van der Waals surface area contributed by atoms with Crippen LogP contribution in [0.25, 0.3) is 0 Å². The van der Waals surface area contributed by atoms with Crippen LogP contribution in [0.4, 0.5) is 0 Å². The van der Waals surface area contributed by atoms with Gasteiger partial charge in [0.15, 0.2) is 5.79 Å². The minimum atomic E-state index is -0.790. The summed E-state index contributed by atoms with van der Waals surface area (Å²) in [6.07, 6.45) is 4.47. The van der Waals surface area contributed by atoms with E-state index in [9.17, 15) is 0 Å². The number of rotatable bonds is 1. The topological polar surface area (TPSA) is 27.7 Å². The molecule has 0 unspecified atom stereocenters. The van der Waals surface area contributed by atoms with E-state index >= 15 is 0 Å². The molecule has 3 aliphatic carbocycles. The average Bonchev–Trinajstić information content (AvgIpc) is 2.98. The molecule has 22 heavy (non-hydrogen) atoms. The van der Waals surface area contributed by atoms with E-state index in [-0.39, 0.29) is 16.0 Å². The fraction of sp³-hybridized carbons (Fsp3) is 0.467. The largest absolute Gasteiger partial charge is 0.369 e. The third kappa shape index (κ3) is 1.76. The van der Waals surface area contributed by atoms with Gasteiger partial charge in [0.1, 0.15) is 5.60 Å². The summed E-state index contributed by atoms with van der Waals surface area (Å²) in [5.74, 6) is -0.983. The highest BCUT2D eigenvalue weighted by Gasteiger charge is 2.60. The number of methoxy groups -OCH3 is 1. The summed E-state index contributed by atoms with van der Waals surface area (Å²) in [5, 5.41) is 1.23. The van der Waals surface area contributed by atoms with Crippen molar-refractivity contribution in [3.63, 3.8) is 0 Å². The van der Waals surface area contributed by atoms with Crippen molar-refractivity contribution in [1.29, 1.82) is 0 Å². The van der Waals surface area contributed by atoms with Crippen LogP contribution in [0, 0.1) is 0 Å². The van der Waals surface area contributed by atoms with Gasteiger partial charge in [-0.15, -0.1) is 0 Å². The lowest BCUT2D eigenvalue weighted by atomic mass is 9.65. The number of halogens is 4. The SMILES string of the molecule is CO[C@]12C=C[C@@H](c3c(Cl)c(Cl)c(Cl)c(Cl)c31)C1(C2)OCCO1. The number of benzene rings is 1. The molecular formula is C15H12Cl4O3. The van der Waals surface area contributed by atoms with Gasteiger partial charge in [-0.3, -0.25) is 0 Å². The van der Waals surface area contributed by atoms with E-state index in [1.807, 2.05) is 12.2 Å². The molecule has 2 atom stereocenters. The van der Waals surface area contributed by atoms with Gasteiger partial charge in [0.25, 0.3) is 0 Å². The third-order valence-electron chi connectivity index (χ3n) is 4.72. The van der Waals surface area contributed by atoms with Crippen molar-refractivity contribution in [2.45, 2.75) is 23.7 Å². The van der Waals surface area contributed by atoms with Crippen molar-refractivity contribution in [1.82, 2.24) is 0 Å². The first kappa shape index (κ1) is 15.5. The Kier molecular flexibility index (Phi) is 3.53. The standard InChI is InChI=1S/C15H12Cl4O3/c1-20-14-3-2-7(15(6-14)21-4-5-22-15)8-9(14)11(17)13(19)12(18)10(8)16/h2-3,7H,4-6H2,1H3/t7-,14-/m0/s1. The zero-order valence-electron chi connectivity index (χ0n) is 11.6. The molecular weight excluding hydrogens is 370 g/mol. The molecule has 1 aliphatic heterocycles. The molecule has 1 spiro atoms. The van der Waals surface area contributed by atoms with E-state index < -0.39 is 11.4 Å². The van der Waals surface area contributed by atoms with Gasteiger partial charge in [-0.05, 0) is 5.56 Å². The fourth-order valence-corrected chi connectivity index (χ4v) is 4.91. The Morgan fingerprint density at radius 2 is 1.68 bits per heavy atom. The highest BCUT2D eigenvalue weighted by molar-refractivity contribution is 6.52. The molecule has 0 amide bonds. The quantitative estimate of drug-likeness (QED) is 0.391. The Balaban J connectivity index is 2.06. The van der Waals surface area contributed by atoms with E-state index in [2.05, 4.69) is 0 Å². The van der Waals surface area contributed by atoms with Crippen LogP contribution in [0.15, 0.2) is 12.2 Å². The maximum atomic E-state index is 6.49. The van der Waals surface area contributed by atoms with Gasteiger partial charge in [0.2, 0.25) is 0 Å². The summed E-state index contributed by atoms with van der Waals surface area (Å²) in [7, 11) is 1.62. The lowest BCUT2D eigenvalue weighted by Gasteiger charge is -2.51. The minimum absolute atomic E-state index is 0.193. The fourth-order valence-electron chi connectivity index (χ4n) is 3.77. The van der Waals surface area contributed by atoms with Crippen molar-refractivity contribution in [2.24, 2.45) is 0 Å². The summed E-state index contributed by atoms with van der Waals surface area (Å²) in [4.78, 5) is 0. The maximum absolute atomic E-state index is 6.49. The lowest BCUT2D eigenvalue weighted by Crippen LogP contribution is -2.52. The summed E-state index contributed by atoms with van der Waals surface area (Å²) < 4.78 is 17.7. The third-order valence-corrected chi connectivity index (χ3v) is 6.54. The Morgan fingerprint density at radius 3 is 2.32 bits per heavy atom. The molecule has 0 saturated carbocycles. The van der Waals surface area contributed by atoms with Gasteiger partial charge in [-0.25, -0.2) is 0 Å². The van der Waals surface area contributed by atoms with Crippen molar-refractivity contribution < 1.29 is 14.2 Å². The van der Waals surface area contributed by atoms with Crippen LogP contribution in [-0.4, -0.2) is 26.1 Å². The van der Waals surface area contributed by atoms with Crippen LogP contribution in [0.2, 0.25) is 20.1 Å². The predicted molar refractivity (Wildman–Crippen MR) is 86.3 cm³/mol. The Hall–Kier alpha value is -0.000000000000000153. The first-order chi connectivity index (χ1) is 10.5. The second-order valence-electron chi connectivity index (χ2n) is 5.66. The van der Waals surface area contributed by atoms with E-state index in [4.69, 9.17) is 60.6 Å². The average molecular weight is 382 g/mol. The van der Waals surface area contributed by atoms with Crippen LogP contribution >= 0.6 is 46.4 Å². The second kappa shape index (κ2) is 5.00. The highest BCUT2D eigenvalue weighted by Crippen LogP contribution is 2.62. The molecule has 1 aromatic carbocycles. The van der Waals surface area contributed by atoms with Crippen LogP contribution in [-0.2, 0) is 19.8 Å². The predicted octanol–water partition coefficient (Wildman–Crippen LogP) is 4.94. The van der Waals surface area contributed by atoms with Crippen LogP contribution in [0.5, 0.6) is 0 Å². The second-order valence-corrected chi connectivity index (χ2v) is 7.17. The number of hydrogen-bond donors (Lipinski definition) is 0. The Morgan fingerprint density at radius 1 is 1.05 bits per heavy atom. The molecule has 5 rings (SSSR count). The van der Waals surface area contributed by atoms with E-state index in [1.165, 1.54) is 0 Å². The molecule has 4 aliphatic rings. The van der Waals surface area contributed by atoms with Crippen molar-refractivity contribution >= 4 is 46.4 Å². The molecule has 1 heterocycles. The highest BCUT2D eigenvalue weighted by atomic mass is 35.5. The Bertz CT molecular complexity index is 697. The van der Waals surface area contributed by atoms with Gasteiger partial charge in [0, 0.05) is 19.1 Å². The zero-order chi connectivity index (χ0) is 15.7. The van der Waals surface area contributed by atoms with Crippen molar-refractivity contribution in [3.8, 4) is 0 Å². The van der Waals surface area contributed by atoms with Gasteiger partial charge in [-0.2, -0.15) is 0 Å². The monoisotopic (exact) mass is 380 g/mol. The van der Waals surface area contributed by atoms with Crippen LogP contribution in [0.1, 0.15) is 23.5 Å². The first-order valence-electron chi connectivity index (χ1n) is 6.84. The normalized spacial score (nSPS) is 31.0. The smallest absolute Gasteiger partial charge is 0.182 e.